The van der Waals surface area contributed by atoms with Crippen LogP contribution < -0.4 is 4.74 Å². The Labute approximate surface area is 159 Å². The van der Waals surface area contributed by atoms with Crippen LogP contribution in [0, 0.1) is 0 Å². The minimum absolute atomic E-state index is 0.175. The zero-order valence-electron chi connectivity index (χ0n) is 15.3. The van der Waals surface area contributed by atoms with Crippen LogP contribution in [0.4, 0.5) is 4.79 Å². The standard InChI is InChI=1S/C20H26N2O3S/c1-2-3-13-25-17-9-7-16(8-10-17)14-18-19(23)22(20(24)26-18)15-21-11-5-4-6-12-21/h7-10,14H,2-6,11-13,15H2,1H3/b18-14+. The van der Waals surface area contributed by atoms with E-state index in [1.165, 1.54) is 11.3 Å². The van der Waals surface area contributed by atoms with Gasteiger partial charge in [0.05, 0.1) is 18.2 Å². The van der Waals surface area contributed by atoms with Crippen LogP contribution in [0.25, 0.3) is 6.08 Å². The minimum atomic E-state index is -0.186. The van der Waals surface area contributed by atoms with Gasteiger partial charge in [0.15, 0.2) is 0 Å². The van der Waals surface area contributed by atoms with Crippen LogP contribution in [-0.2, 0) is 4.79 Å². The van der Waals surface area contributed by atoms with Gasteiger partial charge in [0.1, 0.15) is 5.75 Å². The second kappa shape index (κ2) is 9.24. The number of carbonyl (C=O) groups is 2. The highest BCUT2D eigenvalue weighted by Crippen LogP contribution is 2.32. The molecule has 1 aromatic rings. The summed E-state index contributed by atoms with van der Waals surface area (Å²) in [4.78, 5) is 28.9. The van der Waals surface area contributed by atoms with E-state index in [1.807, 2.05) is 24.3 Å². The zero-order valence-corrected chi connectivity index (χ0v) is 16.1. The third-order valence-electron chi connectivity index (χ3n) is 4.61. The zero-order chi connectivity index (χ0) is 18.4. The van der Waals surface area contributed by atoms with E-state index in [2.05, 4.69) is 11.8 Å². The van der Waals surface area contributed by atoms with Crippen molar-refractivity contribution < 1.29 is 14.3 Å². The van der Waals surface area contributed by atoms with Gasteiger partial charge < -0.3 is 4.74 Å². The maximum atomic E-state index is 12.6. The molecular formula is C20H26N2O3S. The molecule has 0 aliphatic carbocycles. The van der Waals surface area contributed by atoms with E-state index in [0.717, 1.165) is 61.8 Å². The molecule has 26 heavy (non-hydrogen) atoms. The first-order chi connectivity index (χ1) is 12.7. The molecular weight excluding hydrogens is 348 g/mol. The molecule has 2 amide bonds. The number of amides is 2. The number of ether oxygens (including phenoxy) is 1. The fourth-order valence-corrected chi connectivity index (χ4v) is 3.90. The molecule has 0 atom stereocenters. The van der Waals surface area contributed by atoms with E-state index in [-0.39, 0.29) is 11.1 Å². The van der Waals surface area contributed by atoms with Crippen molar-refractivity contribution in [1.29, 1.82) is 0 Å². The number of piperidine rings is 1. The number of likely N-dealkylation sites (tertiary alicyclic amines) is 1. The molecule has 140 valence electrons. The summed E-state index contributed by atoms with van der Waals surface area (Å²) in [6.07, 6.45) is 7.43. The first-order valence-corrected chi connectivity index (χ1v) is 10.2. The minimum Gasteiger partial charge on any atom is -0.494 e. The van der Waals surface area contributed by atoms with Crippen molar-refractivity contribution in [3.05, 3.63) is 34.7 Å². The lowest BCUT2D eigenvalue weighted by Crippen LogP contribution is -2.42. The molecule has 0 saturated carbocycles. The van der Waals surface area contributed by atoms with Crippen molar-refractivity contribution in [2.75, 3.05) is 26.4 Å². The highest BCUT2D eigenvalue weighted by molar-refractivity contribution is 8.18. The Morgan fingerprint density at radius 1 is 1.12 bits per heavy atom. The number of thioether (sulfide) groups is 1. The molecule has 2 heterocycles. The molecule has 0 radical (unpaired) electrons. The Bertz CT molecular complexity index is 666. The summed E-state index contributed by atoms with van der Waals surface area (Å²) in [7, 11) is 0. The number of unbranched alkanes of at least 4 members (excludes halogenated alkanes) is 1. The van der Waals surface area contributed by atoms with E-state index in [1.54, 1.807) is 6.08 Å². The third kappa shape index (κ3) is 4.89. The Morgan fingerprint density at radius 3 is 2.54 bits per heavy atom. The molecule has 2 saturated heterocycles. The Kier molecular flexibility index (Phi) is 6.74. The van der Waals surface area contributed by atoms with E-state index in [9.17, 15) is 9.59 Å². The van der Waals surface area contributed by atoms with Crippen LogP contribution in [0.2, 0.25) is 0 Å². The van der Waals surface area contributed by atoms with Crippen LogP contribution in [0.5, 0.6) is 5.75 Å². The molecule has 3 rings (SSSR count). The molecule has 1 aromatic carbocycles. The highest BCUT2D eigenvalue weighted by Gasteiger charge is 2.36. The van der Waals surface area contributed by atoms with Gasteiger partial charge in [0.2, 0.25) is 0 Å². The summed E-state index contributed by atoms with van der Waals surface area (Å²) in [5, 5.41) is -0.175. The van der Waals surface area contributed by atoms with Gasteiger partial charge in [-0.3, -0.25) is 19.4 Å². The first kappa shape index (κ1) is 19.0. The van der Waals surface area contributed by atoms with Crippen molar-refractivity contribution >= 4 is 29.0 Å². The SMILES string of the molecule is CCCCOc1ccc(/C=C2/SC(=O)N(CN3CCCCC3)C2=O)cc1. The lowest BCUT2D eigenvalue weighted by Gasteiger charge is -2.29. The topological polar surface area (TPSA) is 49.9 Å². The molecule has 0 N–H and O–H groups in total. The maximum Gasteiger partial charge on any atom is 0.294 e. The number of hydrogen-bond donors (Lipinski definition) is 0. The van der Waals surface area contributed by atoms with Crippen LogP contribution >= 0.6 is 11.8 Å². The van der Waals surface area contributed by atoms with Crippen LogP contribution in [-0.4, -0.2) is 47.3 Å². The van der Waals surface area contributed by atoms with Gasteiger partial charge in [-0.25, -0.2) is 0 Å². The Hall–Kier alpha value is -1.79. The number of imide groups is 1. The van der Waals surface area contributed by atoms with Crippen LogP contribution in [0.1, 0.15) is 44.6 Å². The average Bonchev–Trinajstić information content (AvgIpc) is 2.92. The highest BCUT2D eigenvalue weighted by atomic mass is 32.2. The number of rotatable bonds is 7. The van der Waals surface area contributed by atoms with Crippen LogP contribution in [0.15, 0.2) is 29.2 Å². The Balaban J connectivity index is 1.61. The van der Waals surface area contributed by atoms with Gasteiger partial charge in [0, 0.05) is 0 Å². The van der Waals surface area contributed by atoms with Crippen molar-refractivity contribution in [3.63, 3.8) is 0 Å². The first-order valence-electron chi connectivity index (χ1n) is 9.38. The molecule has 0 spiro atoms. The lowest BCUT2D eigenvalue weighted by molar-refractivity contribution is -0.124. The largest absolute Gasteiger partial charge is 0.494 e. The van der Waals surface area contributed by atoms with E-state index < -0.39 is 0 Å². The summed E-state index contributed by atoms with van der Waals surface area (Å²) < 4.78 is 5.65. The predicted molar refractivity (Wildman–Crippen MR) is 105 cm³/mol. The van der Waals surface area contributed by atoms with E-state index in [0.29, 0.717) is 18.2 Å². The van der Waals surface area contributed by atoms with E-state index in [4.69, 9.17) is 4.74 Å². The van der Waals surface area contributed by atoms with Crippen molar-refractivity contribution in [2.45, 2.75) is 39.0 Å². The van der Waals surface area contributed by atoms with E-state index >= 15 is 0 Å². The summed E-state index contributed by atoms with van der Waals surface area (Å²) in [5.41, 5.74) is 0.899. The molecule has 0 aromatic heterocycles. The molecule has 5 nitrogen and oxygen atoms in total. The molecule has 0 unspecified atom stereocenters. The number of nitrogens with zero attached hydrogens (tertiary/aromatic N) is 2. The normalized spacial score (nSPS) is 20.2. The van der Waals surface area contributed by atoms with Crippen molar-refractivity contribution in [1.82, 2.24) is 9.80 Å². The molecule has 2 fully saturated rings. The number of carbonyl (C=O) groups excluding carboxylic acids is 2. The second-order valence-electron chi connectivity index (χ2n) is 6.70. The van der Waals surface area contributed by atoms with Gasteiger partial charge in [-0.15, -0.1) is 0 Å². The van der Waals surface area contributed by atoms with Crippen molar-refractivity contribution in [2.24, 2.45) is 0 Å². The smallest absolute Gasteiger partial charge is 0.294 e. The monoisotopic (exact) mass is 374 g/mol. The van der Waals surface area contributed by atoms with Crippen molar-refractivity contribution in [3.8, 4) is 5.75 Å². The molecule has 0 bridgehead atoms. The molecule has 2 aliphatic heterocycles. The molecule has 2 aliphatic rings. The van der Waals surface area contributed by atoms with Gasteiger partial charge in [-0.1, -0.05) is 31.9 Å². The number of benzene rings is 1. The average molecular weight is 375 g/mol. The van der Waals surface area contributed by atoms with Gasteiger partial charge in [-0.2, -0.15) is 0 Å². The van der Waals surface area contributed by atoms with Gasteiger partial charge in [0.25, 0.3) is 11.1 Å². The summed E-state index contributed by atoms with van der Waals surface area (Å²) in [5.74, 6) is 0.641. The molecule has 6 heteroatoms. The van der Waals surface area contributed by atoms with Gasteiger partial charge >= 0.3 is 0 Å². The van der Waals surface area contributed by atoms with Crippen LogP contribution in [0.3, 0.4) is 0 Å². The summed E-state index contributed by atoms with van der Waals surface area (Å²) in [6, 6.07) is 7.64. The third-order valence-corrected chi connectivity index (χ3v) is 5.52. The maximum absolute atomic E-state index is 12.6. The lowest BCUT2D eigenvalue weighted by atomic mass is 10.1. The van der Waals surface area contributed by atoms with Gasteiger partial charge in [-0.05, 0) is 67.9 Å². The second-order valence-corrected chi connectivity index (χ2v) is 7.69. The fourth-order valence-electron chi connectivity index (χ4n) is 3.07. The quantitative estimate of drug-likeness (QED) is 0.525. The summed E-state index contributed by atoms with van der Waals surface area (Å²) in [6.45, 7) is 5.17. The fraction of sp³-hybridized carbons (Fsp3) is 0.500. The Morgan fingerprint density at radius 2 is 1.85 bits per heavy atom. The predicted octanol–water partition coefficient (Wildman–Crippen LogP) is 4.35. The number of hydrogen-bond acceptors (Lipinski definition) is 5. The summed E-state index contributed by atoms with van der Waals surface area (Å²) >= 11 is 1.03.